The Balaban J connectivity index is 1.52. The summed E-state index contributed by atoms with van der Waals surface area (Å²) in [6.07, 6.45) is 13.2. The highest BCUT2D eigenvalue weighted by Gasteiger charge is 2.60. The van der Waals surface area contributed by atoms with Gasteiger partial charge >= 0.3 is 17.9 Å². The van der Waals surface area contributed by atoms with Gasteiger partial charge in [-0.15, -0.1) is 0 Å². The van der Waals surface area contributed by atoms with Gasteiger partial charge in [-0.3, -0.25) is 14.4 Å². The van der Waals surface area contributed by atoms with E-state index in [1.807, 2.05) is 13.8 Å². The van der Waals surface area contributed by atoms with E-state index in [4.69, 9.17) is 14.2 Å². The van der Waals surface area contributed by atoms with Crippen molar-refractivity contribution in [3.8, 4) is 0 Å². The molecule has 6 heteroatoms. The molecule has 4 aliphatic rings. The summed E-state index contributed by atoms with van der Waals surface area (Å²) < 4.78 is 17.1. The quantitative estimate of drug-likeness (QED) is 0.240. The maximum atomic E-state index is 12.2. The van der Waals surface area contributed by atoms with Gasteiger partial charge in [0, 0.05) is 39.0 Å². The zero-order valence-corrected chi connectivity index (χ0v) is 25.4. The minimum Gasteiger partial charge on any atom is -0.462 e. The number of esters is 3. The molecule has 3 fully saturated rings. The standard InChI is InChI=1S/C33H50O6/c1-20(10-9-16-31(5,6)39-23(4)36)27-13-14-28-26-12-11-24-18-25(37-21(2)34)19-30(38-22(3)35)33(24,8)29(26)15-17-32(27,28)7/h11-12,20,25,27-30H,9-10,13-19H2,1-8H3/t20-,25-,27-,28+,29+,30+,32-,33+/m1/s1. The van der Waals surface area contributed by atoms with Crippen molar-refractivity contribution in [1.29, 1.82) is 0 Å². The number of hydrogen-bond acceptors (Lipinski definition) is 6. The molecule has 8 atom stereocenters. The van der Waals surface area contributed by atoms with E-state index in [0.29, 0.717) is 36.5 Å². The number of carbonyl (C=O) groups excluding carboxylic acids is 3. The molecule has 0 radical (unpaired) electrons. The van der Waals surface area contributed by atoms with Crippen LogP contribution in [0.4, 0.5) is 0 Å². The zero-order chi connectivity index (χ0) is 28.8. The number of rotatable bonds is 8. The van der Waals surface area contributed by atoms with Crippen LogP contribution < -0.4 is 0 Å². The molecule has 39 heavy (non-hydrogen) atoms. The largest absolute Gasteiger partial charge is 0.462 e. The molecule has 0 aromatic carbocycles. The SMILES string of the molecule is CC(=O)O[C@@H]1CC2=CC=C3[C@@H]4CC[C@H]([C@H](C)CCCC(C)(C)OC(C)=O)[C@@]4(C)CC[C@@H]3[C@@]2(C)[C@@H](OC(C)=O)C1. The van der Waals surface area contributed by atoms with E-state index >= 15 is 0 Å². The Bertz CT molecular complexity index is 1040. The minimum absolute atomic E-state index is 0.210. The van der Waals surface area contributed by atoms with Gasteiger partial charge < -0.3 is 14.2 Å². The van der Waals surface area contributed by atoms with Gasteiger partial charge in [-0.2, -0.15) is 0 Å². The zero-order valence-electron chi connectivity index (χ0n) is 25.4. The van der Waals surface area contributed by atoms with Crippen LogP contribution in [0.3, 0.4) is 0 Å². The van der Waals surface area contributed by atoms with Crippen molar-refractivity contribution in [1.82, 2.24) is 0 Å². The van der Waals surface area contributed by atoms with Gasteiger partial charge in [0.1, 0.15) is 17.8 Å². The van der Waals surface area contributed by atoms with Crippen LogP contribution in [-0.2, 0) is 28.6 Å². The number of hydrogen-bond donors (Lipinski definition) is 0. The summed E-state index contributed by atoms with van der Waals surface area (Å²) in [6, 6.07) is 0. The summed E-state index contributed by atoms with van der Waals surface area (Å²) in [6.45, 7) is 15.7. The molecule has 0 N–H and O–H groups in total. The molecule has 0 unspecified atom stereocenters. The molecule has 218 valence electrons. The normalized spacial score (nSPS) is 36.4. The highest BCUT2D eigenvalue weighted by Crippen LogP contribution is 2.66. The van der Waals surface area contributed by atoms with Crippen molar-refractivity contribution in [3.63, 3.8) is 0 Å². The molecule has 0 aromatic heterocycles. The third-order valence-corrected chi connectivity index (χ3v) is 10.9. The molecule has 0 heterocycles. The number of allylic oxidation sites excluding steroid dienone is 3. The van der Waals surface area contributed by atoms with Crippen molar-refractivity contribution in [3.05, 3.63) is 23.3 Å². The van der Waals surface area contributed by atoms with Gasteiger partial charge in [0.2, 0.25) is 0 Å². The predicted molar refractivity (Wildman–Crippen MR) is 151 cm³/mol. The Morgan fingerprint density at radius 3 is 2.31 bits per heavy atom. The van der Waals surface area contributed by atoms with Gasteiger partial charge in [0.15, 0.2) is 0 Å². The van der Waals surface area contributed by atoms with Crippen molar-refractivity contribution in [2.75, 3.05) is 0 Å². The molecule has 0 aliphatic heterocycles. The molecule has 0 aromatic rings. The van der Waals surface area contributed by atoms with Crippen LogP contribution in [0, 0.1) is 34.5 Å². The summed E-state index contributed by atoms with van der Waals surface area (Å²) in [4.78, 5) is 35.4. The predicted octanol–water partition coefficient (Wildman–Crippen LogP) is 7.11. The van der Waals surface area contributed by atoms with Crippen molar-refractivity contribution >= 4 is 17.9 Å². The molecule has 4 aliphatic carbocycles. The average Bonchev–Trinajstić information content (AvgIpc) is 3.15. The summed E-state index contributed by atoms with van der Waals surface area (Å²) in [7, 11) is 0. The Kier molecular flexibility index (Phi) is 8.46. The van der Waals surface area contributed by atoms with Gasteiger partial charge in [0.25, 0.3) is 0 Å². The third kappa shape index (κ3) is 5.86. The highest BCUT2D eigenvalue weighted by molar-refractivity contribution is 5.67. The van der Waals surface area contributed by atoms with E-state index in [2.05, 4.69) is 32.9 Å². The lowest BCUT2D eigenvalue weighted by Crippen LogP contribution is -2.54. The first-order chi connectivity index (χ1) is 18.2. The van der Waals surface area contributed by atoms with Crippen LogP contribution in [0.15, 0.2) is 23.3 Å². The van der Waals surface area contributed by atoms with E-state index in [-0.39, 0.29) is 40.9 Å². The van der Waals surface area contributed by atoms with E-state index in [1.54, 1.807) is 5.57 Å². The van der Waals surface area contributed by atoms with E-state index in [0.717, 1.165) is 25.7 Å². The molecular formula is C33H50O6. The van der Waals surface area contributed by atoms with Crippen molar-refractivity contribution < 1.29 is 28.6 Å². The van der Waals surface area contributed by atoms with Crippen molar-refractivity contribution in [2.24, 2.45) is 34.5 Å². The summed E-state index contributed by atoms with van der Waals surface area (Å²) in [5.41, 5.74) is 2.39. The molecule has 6 nitrogen and oxygen atoms in total. The maximum Gasteiger partial charge on any atom is 0.303 e. The number of carbonyl (C=O) groups is 3. The molecule has 0 amide bonds. The van der Waals surface area contributed by atoms with Gasteiger partial charge in [-0.05, 0) is 81.5 Å². The van der Waals surface area contributed by atoms with E-state index in [1.165, 1.54) is 45.6 Å². The summed E-state index contributed by atoms with van der Waals surface area (Å²) in [5.74, 6) is 1.40. The lowest BCUT2D eigenvalue weighted by molar-refractivity contribution is -0.165. The van der Waals surface area contributed by atoms with Gasteiger partial charge in [-0.1, -0.05) is 50.5 Å². The Morgan fingerprint density at radius 1 is 0.974 bits per heavy atom. The molecule has 3 saturated carbocycles. The highest BCUT2D eigenvalue weighted by atomic mass is 16.6. The summed E-state index contributed by atoms with van der Waals surface area (Å²) >= 11 is 0. The number of ether oxygens (including phenoxy) is 3. The Hall–Kier alpha value is -2.11. The lowest BCUT2D eigenvalue weighted by atomic mass is 9.49. The van der Waals surface area contributed by atoms with Crippen LogP contribution in [0.1, 0.15) is 113 Å². The van der Waals surface area contributed by atoms with Crippen LogP contribution in [0.2, 0.25) is 0 Å². The number of fused-ring (bicyclic) bond motifs is 5. The first-order valence-corrected chi connectivity index (χ1v) is 15.1. The van der Waals surface area contributed by atoms with Crippen LogP contribution in [0.5, 0.6) is 0 Å². The molecule has 0 bridgehead atoms. The van der Waals surface area contributed by atoms with Crippen molar-refractivity contribution in [2.45, 2.75) is 131 Å². The Labute approximate surface area is 235 Å². The van der Waals surface area contributed by atoms with Crippen LogP contribution in [0.25, 0.3) is 0 Å². The first-order valence-electron chi connectivity index (χ1n) is 15.1. The third-order valence-electron chi connectivity index (χ3n) is 10.9. The molecule has 0 saturated heterocycles. The van der Waals surface area contributed by atoms with Gasteiger partial charge in [0.05, 0.1) is 0 Å². The summed E-state index contributed by atoms with van der Waals surface area (Å²) in [5, 5.41) is 0. The molecule has 4 rings (SSSR count). The van der Waals surface area contributed by atoms with Crippen LogP contribution >= 0.6 is 0 Å². The van der Waals surface area contributed by atoms with E-state index < -0.39 is 5.60 Å². The second-order valence-corrected chi connectivity index (χ2v) is 14.0. The second-order valence-electron chi connectivity index (χ2n) is 14.0. The smallest absolute Gasteiger partial charge is 0.303 e. The fraction of sp³-hybridized carbons (Fsp3) is 0.788. The maximum absolute atomic E-state index is 12.2. The monoisotopic (exact) mass is 542 g/mol. The lowest BCUT2D eigenvalue weighted by Gasteiger charge is -2.57. The fourth-order valence-corrected chi connectivity index (χ4v) is 9.17. The van der Waals surface area contributed by atoms with Gasteiger partial charge in [-0.25, -0.2) is 0 Å². The first kappa shape index (κ1) is 29.9. The van der Waals surface area contributed by atoms with Crippen LogP contribution in [-0.4, -0.2) is 35.7 Å². The molecule has 0 spiro atoms. The average molecular weight is 543 g/mol. The molecular weight excluding hydrogens is 492 g/mol. The second kappa shape index (κ2) is 11.0. The van der Waals surface area contributed by atoms with E-state index in [9.17, 15) is 14.4 Å². The minimum atomic E-state index is -0.412. The fourth-order valence-electron chi connectivity index (χ4n) is 9.17. The Morgan fingerprint density at radius 2 is 1.67 bits per heavy atom. The topological polar surface area (TPSA) is 78.9 Å².